The first-order valence-corrected chi connectivity index (χ1v) is 7.27. The van der Waals surface area contributed by atoms with Crippen LogP contribution in [0.2, 0.25) is 0 Å². The fourth-order valence-electron chi connectivity index (χ4n) is 2.53. The van der Waals surface area contributed by atoms with Crippen molar-refractivity contribution in [3.8, 4) is 0 Å². The summed E-state index contributed by atoms with van der Waals surface area (Å²) < 4.78 is 0. The van der Waals surface area contributed by atoms with Gasteiger partial charge < -0.3 is 15.3 Å². The highest BCUT2D eigenvalue weighted by Crippen LogP contribution is 2.17. The second-order valence-electron chi connectivity index (χ2n) is 5.15. The van der Waals surface area contributed by atoms with Crippen LogP contribution in [0.1, 0.15) is 17.7 Å². The molecule has 0 fully saturated rings. The second kappa shape index (κ2) is 6.31. The van der Waals surface area contributed by atoms with E-state index >= 15 is 0 Å². The Morgan fingerprint density at radius 3 is 2.81 bits per heavy atom. The van der Waals surface area contributed by atoms with E-state index in [0.29, 0.717) is 13.0 Å². The third-order valence-corrected chi connectivity index (χ3v) is 3.68. The molecule has 4 heteroatoms. The van der Waals surface area contributed by atoms with Crippen LogP contribution >= 0.6 is 0 Å². The predicted molar refractivity (Wildman–Crippen MR) is 84.1 cm³/mol. The normalized spacial score (nSPS) is 10.9. The summed E-state index contributed by atoms with van der Waals surface area (Å²) in [5.41, 5.74) is 3.49. The van der Waals surface area contributed by atoms with Gasteiger partial charge in [0.2, 0.25) is 5.91 Å². The molecule has 0 bridgehead atoms. The molecule has 3 N–H and O–H groups in total. The number of nitrogens with one attached hydrogen (secondary N) is 3. The summed E-state index contributed by atoms with van der Waals surface area (Å²) in [5, 5.41) is 4.22. The molecule has 108 valence electrons. The van der Waals surface area contributed by atoms with E-state index in [9.17, 15) is 4.79 Å². The number of carbonyl (C=O) groups is 1. The lowest BCUT2D eigenvalue weighted by atomic mass is 10.1. The van der Waals surface area contributed by atoms with Crippen molar-refractivity contribution in [1.29, 1.82) is 0 Å². The molecule has 3 rings (SSSR count). The number of para-hydroxylation sites is 1. The van der Waals surface area contributed by atoms with E-state index in [0.717, 1.165) is 24.1 Å². The standard InChI is InChI=1S/C17H19N3O/c21-17(8-7-14-4-3-10-18-14)19-11-9-13-12-20-16-6-2-1-5-15(13)16/h1-6,10,12,18,20H,7-9,11H2,(H,19,21). The molecule has 0 radical (unpaired) electrons. The Hall–Kier alpha value is -2.49. The first-order valence-electron chi connectivity index (χ1n) is 7.27. The average molecular weight is 281 g/mol. The van der Waals surface area contributed by atoms with Crippen LogP contribution in [0.3, 0.4) is 0 Å². The average Bonchev–Trinajstić information content (AvgIpc) is 3.15. The Labute approximate surface area is 123 Å². The summed E-state index contributed by atoms with van der Waals surface area (Å²) >= 11 is 0. The molecule has 0 saturated heterocycles. The number of fused-ring (bicyclic) bond motifs is 1. The van der Waals surface area contributed by atoms with Gasteiger partial charge in [-0.05, 0) is 36.6 Å². The Balaban J connectivity index is 1.46. The fourth-order valence-corrected chi connectivity index (χ4v) is 2.53. The number of H-pyrrole nitrogens is 2. The van der Waals surface area contributed by atoms with Gasteiger partial charge in [-0.15, -0.1) is 0 Å². The molecule has 4 nitrogen and oxygen atoms in total. The van der Waals surface area contributed by atoms with Gasteiger partial charge >= 0.3 is 0 Å². The highest BCUT2D eigenvalue weighted by molar-refractivity contribution is 5.83. The summed E-state index contributed by atoms with van der Waals surface area (Å²) in [6.07, 6.45) is 6.03. The molecule has 0 aliphatic rings. The van der Waals surface area contributed by atoms with Crippen molar-refractivity contribution in [2.75, 3.05) is 6.54 Å². The van der Waals surface area contributed by atoms with Gasteiger partial charge in [-0.1, -0.05) is 18.2 Å². The Kier molecular flexibility index (Phi) is 4.05. The van der Waals surface area contributed by atoms with Crippen LogP contribution in [0.15, 0.2) is 48.8 Å². The van der Waals surface area contributed by atoms with Gasteiger partial charge in [0, 0.05) is 42.0 Å². The number of amides is 1. The van der Waals surface area contributed by atoms with Crippen molar-refractivity contribution in [3.05, 3.63) is 60.0 Å². The zero-order valence-corrected chi connectivity index (χ0v) is 11.9. The number of carbonyl (C=O) groups excluding carboxylic acids is 1. The van der Waals surface area contributed by atoms with Crippen LogP contribution in [0, 0.1) is 0 Å². The monoisotopic (exact) mass is 281 g/mol. The van der Waals surface area contributed by atoms with E-state index in [2.05, 4.69) is 27.4 Å². The second-order valence-corrected chi connectivity index (χ2v) is 5.15. The number of hydrogen-bond donors (Lipinski definition) is 3. The number of aromatic amines is 2. The highest BCUT2D eigenvalue weighted by atomic mass is 16.1. The molecule has 2 heterocycles. The summed E-state index contributed by atoms with van der Waals surface area (Å²) in [5.74, 6) is 0.101. The van der Waals surface area contributed by atoms with Gasteiger partial charge in [0.25, 0.3) is 0 Å². The van der Waals surface area contributed by atoms with Crippen LogP contribution in [-0.4, -0.2) is 22.4 Å². The lowest BCUT2D eigenvalue weighted by Gasteiger charge is -2.04. The van der Waals surface area contributed by atoms with E-state index in [1.165, 1.54) is 10.9 Å². The molecule has 2 aromatic heterocycles. The van der Waals surface area contributed by atoms with E-state index in [4.69, 9.17) is 0 Å². The molecule has 0 saturated carbocycles. The number of hydrogen-bond acceptors (Lipinski definition) is 1. The van der Waals surface area contributed by atoms with Gasteiger partial charge in [-0.25, -0.2) is 0 Å². The maximum atomic E-state index is 11.8. The zero-order chi connectivity index (χ0) is 14.5. The van der Waals surface area contributed by atoms with Crippen LogP contribution in [0.5, 0.6) is 0 Å². The first-order chi connectivity index (χ1) is 10.3. The minimum atomic E-state index is 0.101. The maximum Gasteiger partial charge on any atom is 0.220 e. The van der Waals surface area contributed by atoms with Gasteiger partial charge in [-0.3, -0.25) is 4.79 Å². The smallest absolute Gasteiger partial charge is 0.220 e. The minimum Gasteiger partial charge on any atom is -0.365 e. The molecular formula is C17H19N3O. The SMILES string of the molecule is O=C(CCc1ccc[nH]1)NCCc1c[nH]c2ccccc12. The molecule has 1 amide bonds. The molecule has 0 aliphatic carbocycles. The Morgan fingerprint density at radius 2 is 1.95 bits per heavy atom. The molecular weight excluding hydrogens is 262 g/mol. The van der Waals surface area contributed by atoms with Gasteiger partial charge in [-0.2, -0.15) is 0 Å². The van der Waals surface area contributed by atoms with E-state index in [1.54, 1.807) is 0 Å². The van der Waals surface area contributed by atoms with Crippen molar-refractivity contribution < 1.29 is 4.79 Å². The number of aromatic nitrogens is 2. The lowest BCUT2D eigenvalue weighted by molar-refractivity contribution is -0.121. The van der Waals surface area contributed by atoms with E-state index < -0.39 is 0 Å². The largest absolute Gasteiger partial charge is 0.365 e. The lowest BCUT2D eigenvalue weighted by Crippen LogP contribution is -2.25. The molecule has 0 aliphatic heterocycles. The van der Waals surface area contributed by atoms with Crippen molar-refractivity contribution in [1.82, 2.24) is 15.3 Å². The summed E-state index contributed by atoms with van der Waals surface area (Å²) in [6, 6.07) is 12.2. The highest BCUT2D eigenvalue weighted by Gasteiger charge is 2.05. The molecule has 1 aromatic carbocycles. The Morgan fingerprint density at radius 1 is 1.05 bits per heavy atom. The number of rotatable bonds is 6. The molecule has 0 unspecified atom stereocenters. The molecule has 3 aromatic rings. The quantitative estimate of drug-likeness (QED) is 0.639. The molecule has 0 atom stereocenters. The third-order valence-electron chi connectivity index (χ3n) is 3.68. The summed E-state index contributed by atoms with van der Waals surface area (Å²) in [4.78, 5) is 18.2. The fraction of sp³-hybridized carbons (Fsp3) is 0.235. The van der Waals surface area contributed by atoms with Crippen molar-refractivity contribution in [3.63, 3.8) is 0 Å². The number of aryl methyl sites for hydroxylation is 1. The topological polar surface area (TPSA) is 60.7 Å². The maximum absolute atomic E-state index is 11.8. The van der Waals surface area contributed by atoms with Gasteiger partial charge in [0.05, 0.1) is 0 Å². The predicted octanol–water partition coefficient (Wildman–Crippen LogP) is 2.79. The minimum absolute atomic E-state index is 0.101. The molecule has 21 heavy (non-hydrogen) atoms. The van der Waals surface area contributed by atoms with Crippen molar-refractivity contribution in [2.45, 2.75) is 19.3 Å². The van der Waals surface area contributed by atoms with Crippen LogP contribution in [0.4, 0.5) is 0 Å². The van der Waals surface area contributed by atoms with Crippen LogP contribution in [0.25, 0.3) is 10.9 Å². The van der Waals surface area contributed by atoms with E-state index in [-0.39, 0.29) is 5.91 Å². The first kappa shape index (κ1) is 13.5. The van der Waals surface area contributed by atoms with Crippen LogP contribution < -0.4 is 5.32 Å². The summed E-state index contributed by atoms with van der Waals surface area (Å²) in [6.45, 7) is 0.672. The zero-order valence-electron chi connectivity index (χ0n) is 11.9. The third kappa shape index (κ3) is 3.34. The summed E-state index contributed by atoms with van der Waals surface area (Å²) in [7, 11) is 0. The van der Waals surface area contributed by atoms with Crippen molar-refractivity contribution >= 4 is 16.8 Å². The van der Waals surface area contributed by atoms with Gasteiger partial charge in [0.15, 0.2) is 0 Å². The number of benzene rings is 1. The molecule has 0 spiro atoms. The van der Waals surface area contributed by atoms with Crippen molar-refractivity contribution in [2.24, 2.45) is 0 Å². The van der Waals surface area contributed by atoms with E-state index in [1.807, 2.05) is 36.7 Å². The Bertz CT molecular complexity index is 713. The van der Waals surface area contributed by atoms with Crippen LogP contribution in [-0.2, 0) is 17.6 Å². The van der Waals surface area contributed by atoms with Gasteiger partial charge in [0.1, 0.15) is 0 Å².